The molecule has 160 valence electrons. The summed E-state index contributed by atoms with van der Waals surface area (Å²) in [7, 11) is -3.93. The first-order valence-electron chi connectivity index (χ1n) is 9.86. The van der Waals surface area contributed by atoms with E-state index in [2.05, 4.69) is 0 Å². The van der Waals surface area contributed by atoms with E-state index in [1.165, 1.54) is 4.31 Å². The Balaban J connectivity index is 1.93. The average molecular weight is 430 g/mol. The molecule has 7 nitrogen and oxygen atoms in total. The maximum absolute atomic E-state index is 13.5. The van der Waals surface area contributed by atoms with Crippen LogP contribution in [0, 0.1) is 20.8 Å². The molecule has 8 heteroatoms. The van der Waals surface area contributed by atoms with E-state index in [1.807, 2.05) is 26.8 Å². The number of nitrogens with zero attached hydrogens (tertiary/aromatic N) is 3. The van der Waals surface area contributed by atoms with Crippen molar-refractivity contribution < 1.29 is 18.0 Å². The summed E-state index contributed by atoms with van der Waals surface area (Å²) in [4.78, 5) is 27.2. The van der Waals surface area contributed by atoms with Gasteiger partial charge in [0.05, 0.1) is 10.6 Å². The summed E-state index contributed by atoms with van der Waals surface area (Å²) in [5.74, 6) is -0.283. The highest BCUT2D eigenvalue weighted by molar-refractivity contribution is 7.92. The molecule has 1 saturated heterocycles. The highest BCUT2D eigenvalue weighted by Gasteiger charge is 2.30. The summed E-state index contributed by atoms with van der Waals surface area (Å²) >= 11 is 0. The minimum absolute atomic E-state index is 0.143. The maximum atomic E-state index is 13.5. The van der Waals surface area contributed by atoms with Gasteiger partial charge >= 0.3 is 0 Å². The molecule has 0 radical (unpaired) electrons. The first-order valence-corrected chi connectivity index (χ1v) is 11.3. The third-order valence-corrected chi connectivity index (χ3v) is 7.27. The van der Waals surface area contributed by atoms with Gasteiger partial charge in [-0.1, -0.05) is 23.8 Å². The van der Waals surface area contributed by atoms with Crippen LogP contribution in [0.1, 0.15) is 16.7 Å². The predicted molar refractivity (Wildman–Crippen MR) is 116 cm³/mol. The average Bonchev–Trinajstić information content (AvgIpc) is 2.74. The predicted octanol–water partition coefficient (Wildman–Crippen LogP) is 2.11. The van der Waals surface area contributed by atoms with E-state index in [0.29, 0.717) is 31.9 Å². The molecule has 0 unspecified atom stereocenters. The number of hydrogen-bond acceptors (Lipinski definition) is 4. The van der Waals surface area contributed by atoms with Gasteiger partial charge in [0.25, 0.3) is 10.0 Å². The second kappa shape index (κ2) is 8.87. The lowest BCUT2D eigenvalue weighted by Crippen LogP contribution is -2.51. The molecule has 2 aromatic rings. The van der Waals surface area contributed by atoms with Crippen molar-refractivity contribution in [2.75, 3.05) is 37.0 Å². The van der Waals surface area contributed by atoms with Crippen LogP contribution in [-0.2, 0) is 19.6 Å². The number of piperazine rings is 1. The van der Waals surface area contributed by atoms with Gasteiger partial charge in [-0.3, -0.25) is 13.9 Å². The Hall–Kier alpha value is -2.87. The molecule has 0 atom stereocenters. The van der Waals surface area contributed by atoms with Gasteiger partial charge in [-0.2, -0.15) is 0 Å². The number of carbonyl (C=O) groups excluding carboxylic acids is 2. The standard InChI is InChI=1S/C22H27N3O4S/c1-17-4-8-21(9-5-17)30(28,29)25(20-7-6-18(2)19(3)14-20)15-22(27)24-12-10-23(16-26)11-13-24/h4-9,14,16H,10-13,15H2,1-3H3. The second-order valence-corrected chi connectivity index (χ2v) is 9.48. The van der Waals surface area contributed by atoms with Crippen LogP contribution in [0.4, 0.5) is 5.69 Å². The summed E-state index contributed by atoms with van der Waals surface area (Å²) in [6.07, 6.45) is 0.769. The molecule has 0 spiro atoms. The Morgan fingerprint density at radius 2 is 1.60 bits per heavy atom. The number of benzene rings is 2. The third-order valence-electron chi connectivity index (χ3n) is 5.48. The van der Waals surface area contributed by atoms with E-state index in [0.717, 1.165) is 23.1 Å². The van der Waals surface area contributed by atoms with Crippen molar-refractivity contribution in [2.45, 2.75) is 25.7 Å². The first-order chi connectivity index (χ1) is 14.2. The van der Waals surface area contributed by atoms with Crippen LogP contribution in [0.3, 0.4) is 0 Å². The topological polar surface area (TPSA) is 78.0 Å². The van der Waals surface area contributed by atoms with Gasteiger partial charge in [0.15, 0.2) is 0 Å². The molecule has 1 aliphatic rings. The highest BCUT2D eigenvalue weighted by atomic mass is 32.2. The Morgan fingerprint density at radius 1 is 0.967 bits per heavy atom. The van der Waals surface area contributed by atoms with E-state index < -0.39 is 10.0 Å². The smallest absolute Gasteiger partial charge is 0.264 e. The fourth-order valence-electron chi connectivity index (χ4n) is 3.33. The molecule has 2 aromatic carbocycles. The van der Waals surface area contributed by atoms with E-state index >= 15 is 0 Å². The van der Waals surface area contributed by atoms with Gasteiger partial charge in [-0.15, -0.1) is 0 Å². The van der Waals surface area contributed by atoms with Gasteiger partial charge in [-0.25, -0.2) is 8.42 Å². The summed E-state index contributed by atoms with van der Waals surface area (Å²) in [6, 6.07) is 12.0. The van der Waals surface area contributed by atoms with E-state index in [9.17, 15) is 18.0 Å². The van der Waals surface area contributed by atoms with Gasteiger partial charge in [0.2, 0.25) is 12.3 Å². The molecule has 0 N–H and O–H groups in total. The number of anilines is 1. The second-order valence-electron chi connectivity index (χ2n) is 7.62. The van der Waals surface area contributed by atoms with Gasteiger partial charge in [0.1, 0.15) is 6.54 Å². The van der Waals surface area contributed by atoms with E-state index in [4.69, 9.17) is 0 Å². The maximum Gasteiger partial charge on any atom is 0.264 e. The zero-order valence-electron chi connectivity index (χ0n) is 17.5. The van der Waals surface area contributed by atoms with Crippen LogP contribution in [0.25, 0.3) is 0 Å². The zero-order valence-corrected chi connectivity index (χ0v) is 18.4. The van der Waals surface area contributed by atoms with Crippen molar-refractivity contribution >= 4 is 28.0 Å². The molecule has 1 fully saturated rings. The largest absolute Gasteiger partial charge is 0.342 e. The number of aryl methyl sites for hydroxylation is 3. The van der Waals surface area contributed by atoms with Crippen molar-refractivity contribution in [3.8, 4) is 0 Å². The summed E-state index contributed by atoms with van der Waals surface area (Å²) in [5, 5.41) is 0. The molecule has 0 bridgehead atoms. The normalized spacial score (nSPS) is 14.5. The summed E-state index contributed by atoms with van der Waals surface area (Å²) in [5.41, 5.74) is 3.40. The highest BCUT2D eigenvalue weighted by Crippen LogP contribution is 2.26. The van der Waals surface area contributed by atoms with Crippen molar-refractivity contribution in [3.05, 3.63) is 59.2 Å². The molecular weight excluding hydrogens is 402 g/mol. The van der Waals surface area contributed by atoms with Gasteiger partial charge < -0.3 is 9.80 Å². The fourth-order valence-corrected chi connectivity index (χ4v) is 4.74. The van der Waals surface area contributed by atoms with Gasteiger partial charge in [-0.05, 0) is 56.2 Å². The molecule has 0 saturated carbocycles. The third kappa shape index (κ3) is 4.64. The zero-order chi connectivity index (χ0) is 21.9. The van der Waals surface area contributed by atoms with E-state index in [-0.39, 0.29) is 17.3 Å². The van der Waals surface area contributed by atoms with Crippen molar-refractivity contribution in [3.63, 3.8) is 0 Å². The van der Waals surface area contributed by atoms with Crippen molar-refractivity contribution in [1.29, 1.82) is 0 Å². The Kier molecular flexibility index (Phi) is 6.45. The minimum atomic E-state index is -3.93. The minimum Gasteiger partial charge on any atom is -0.342 e. The molecule has 0 aliphatic carbocycles. The Labute approximate surface area is 177 Å². The molecule has 2 amide bonds. The molecule has 1 aliphatic heterocycles. The van der Waals surface area contributed by atoms with Crippen LogP contribution < -0.4 is 4.31 Å². The number of amides is 2. The number of hydrogen-bond donors (Lipinski definition) is 0. The molecule has 3 rings (SSSR count). The molecular formula is C22H27N3O4S. The van der Waals surface area contributed by atoms with Crippen LogP contribution in [0.15, 0.2) is 47.4 Å². The lowest BCUT2D eigenvalue weighted by Gasteiger charge is -2.34. The van der Waals surface area contributed by atoms with Crippen molar-refractivity contribution in [1.82, 2.24) is 9.80 Å². The van der Waals surface area contributed by atoms with Crippen LogP contribution in [0.2, 0.25) is 0 Å². The number of rotatable bonds is 6. The number of carbonyl (C=O) groups is 2. The quantitative estimate of drug-likeness (QED) is 0.659. The first kappa shape index (κ1) is 21.8. The molecule has 0 aromatic heterocycles. The number of sulfonamides is 1. The summed E-state index contributed by atoms with van der Waals surface area (Å²) < 4.78 is 28.1. The lowest BCUT2D eigenvalue weighted by molar-refractivity contribution is -0.133. The summed E-state index contributed by atoms with van der Waals surface area (Å²) in [6.45, 7) is 7.14. The van der Waals surface area contributed by atoms with Crippen LogP contribution >= 0.6 is 0 Å². The van der Waals surface area contributed by atoms with Crippen LogP contribution in [-0.4, -0.2) is 63.3 Å². The Morgan fingerprint density at radius 3 is 2.17 bits per heavy atom. The molecule has 30 heavy (non-hydrogen) atoms. The van der Waals surface area contributed by atoms with Gasteiger partial charge in [0, 0.05) is 26.2 Å². The molecule has 1 heterocycles. The lowest BCUT2D eigenvalue weighted by atomic mass is 10.1. The fraction of sp³-hybridized carbons (Fsp3) is 0.364. The van der Waals surface area contributed by atoms with Crippen molar-refractivity contribution in [2.24, 2.45) is 0 Å². The Bertz CT molecular complexity index is 1030. The monoisotopic (exact) mass is 429 g/mol. The van der Waals surface area contributed by atoms with Crippen LogP contribution in [0.5, 0.6) is 0 Å². The van der Waals surface area contributed by atoms with E-state index in [1.54, 1.807) is 46.2 Å². The SMILES string of the molecule is Cc1ccc(S(=O)(=O)N(CC(=O)N2CCN(C=O)CC2)c2ccc(C)c(C)c2)cc1.